The first-order valence-corrected chi connectivity index (χ1v) is 11.4. The number of hydrogen-bond acceptors (Lipinski definition) is 6. The van der Waals surface area contributed by atoms with Gasteiger partial charge in [-0.2, -0.15) is 4.98 Å². The van der Waals surface area contributed by atoms with E-state index in [1.54, 1.807) is 21.9 Å². The molecule has 0 radical (unpaired) electrons. The van der Waals surface area contributed by atoms with Gasteiger partial charge in [-0.15, -0.1) is 0 Å². The maximum absolute atomic E-state index is 13.2. The van der Waals surface area contributed by atoms with Gasteiger partial charge < -0.3 is 15.2 Å². The number of fused-ring (bicyclic) bond motifs is 2. The molecule has 5 rings (SSSR count). The molecule has 0 fully saturated rings. The summed E-state index contributed by atoms with van der Waals surface area (Å²) < 4.78 is 5.52. The third-order valence-electron chi connectivity index (χ3n) is 6.02. The molecule has 3 aromatic heterocycles. The number of nitrogens with zero attached hydrogens (tertiary/aromatic N) is 6. The van der Waals surface area contributed by atoms with E-state index in [2.05, 4.69) is 59.6 Å². The first-order chi connectivity index (χ1) is 15.7. The summed E-state index contributed by atoms with van der Waals surface area (Å²) in [5.41, 5.74) is 3.85. The summed E-state index contributed by atoms with van der Waals surface area (Å²) in [6, 6.07) is 6.26. The SMILES string of the molecule is CC(C)n1c(=O)c2cnc(Nc3ccc4c(c3)CNCC4)nc2n1-c1cn(C(C)(C)C)cn1. The molecular weight excluding hydrogens is 416 g/mol. The van der Waals surface area contributed by atoms with Crippen molar-refractivity contribution in [1.82, 2.24) is 34.2 Å². The molecule has 1 aromatic carbocycles. The third-order valence-corrected chi connectivity index (χ3v) is 6.02. The maximum atomic E-state index is 13.2. The van der Waals surface area contributed by atoms with Crippen molar-refractivity contribution in [2.45, 2.75) is 59.2 Å². The van der Waals surface area contributed by atoms with E-state index in [0.717, 1.165) is 25.2 Å². The minimum atomic E-state index is -0.128. The fraction of sp³-hybridized carbons (Fsp3) is 0.417. The quantitative estimate of drug-likeness (QED) is 0.498. The highest BCUT2D eigenvalue weighted by atomic mass is 16.1. The molecule has 33 heavy (non-hydrogen) atoms. The molecule has 1 aliphatic rings. The van der Waals surface area contributed by atoms with E-state index >= 15 is 0 Å². The van der Waals surface area contributed by atoms with Gasteiger partial charge in [0.2, 0.25) is 5.95 Å². The fourth-order valence-corrected chi connectivity index (χ4v) is 4.22. The van der Waals surface area contributed by atoms with Gasteiger partial charge >= 0.3 is 0 Å². The van der Waals surface area contributed by atoms with Crippen LogP contribution in [0, 0.1) is 0 Å². The highest BCUT2D eigenvalue weighted by molar-refractivity contribution is 5.77. The van der Waals surface area contributed by atoms with E-state index in [-0.39, 0.29) is 17.1 Å². The predicted molar refractivity (Wildman–Crippen MR) is 129 cm³/mol. The Morgan fingerprint density at radius 1 is 1.15 bits per heavy atom. The zero-order valence-corrected chi connectivity index (χ0v) is 19.8. The molecule has 9 heteroatoms. The number of rotatable bonds is 4. The van der Waals surface area contributed by atoms with Crippen LogP contribution in [0.25, 0.3) is 16.9 Å². The van der Waals surface area contributed by atoms with E-state index in [1.807, 2.05) is 24.6 Å². The third kappa shape index (κ3) is 3.82. The summed E-state index contributed by atoms with van der Waals surface area (Å²) in [5.74, 6) is 1.09. The molecule has 0 aliphatic carbocycles. The van der Waals surface area contributed by atoms with Gasteiger partial charge in [-0.25, -0.2) is 19.3 Å². The minimum Gasteiger partial charge on any atom is -0.330 e. The standard InChI is InChI=1S/C24H30N8O/c1-15(2)31-22(33)19-12-26-23(28-18-7-6-16-8-9-25-11-17(16)10-18)29-21(19)32(31)20-13-30(14-27-20)24(3,4)5/h6-7,10,12-15,25H,8-9,11H2,1-5H3,(H,26,28,29). The Kier molecular flexibility index (Phi) is 5.08. The Morgan fingerprint density at radius 2 is 1.97 bits per heavy atom. The van der Waals surface area contributed by atoms with E-state index in [1.165, 1.54) is 11.1 Å². The van der Waals surface area contributed by atoms with Crippen LogP contribution in [0.5, 0.6) is 0 Å². The largest absolute Gasteiger partial charge is 0.330 e. The lowest BCUT2D eigenvalue weighted by Gasteiger charge is -2.20. The van der Waals surface area contributed by atoms with Crippen LogP contribution in [0.1, 0.15) is 51.8 Å². The predicted octanol–water partition coefficient (Wildman–Crippen LogP) is 3.50. The number of hydrogen-bond donors (Lipinski definition) is 2. The maximum Gasteiger partial charge on any atom is 0.278 e. The molecular formula is C24H30N8O. The topological polar surface area (TPSA) is 94.6 Å². The minimum absolute atomic E-state index is 0.0731. The molecule has 4 heterocycles. The number of nitrogens with one attached hydrogen (secondary N) is 2. The Morgan fingerprint density at radius 3 is 2.70 bits per heavy atom. The second kappa shape index (κ2) is 7.84. The molecule has 1 aliphatic heterocycles. The Bertz CT molecular complexity index is 1390. The van der Waals surface area contributed by atoms with Gasteiger partial charge in [0.05, 0.1) is 12.5 Å². The summed E-state index contributed by atoms with van der Waals surface area (Å²) in [5, 5.41) is 7.18. The smallest absolute Gasteiger partial charge is 0.278 e. The summed E-state index contributed by atoms with van der Waals surface area (Å²) in [6.45, 7) is 12.2. The molecule has 0 spiro atoms. The van der Waals surface area contributed by atoms with Gasteiger partial charge in [-0.3, -0.25) is 4.79 Å². The average Bonchev–Trinajstić information content (AvgIpc) is 3.37. The molecule has 0 saturated carbocycles. The lowest BCUT2D eigenvalue weighted by atomic mass is 10.0. The summed E-state index contributed by atoms with van der Waals surface area (Å²) in [4.78, 5) is 27.0. The number of benzene rings is 1. The van der Waals surface area contributed by atoms with Gasteiger partial charge in [-0.1, -0.05) is 6.07 Å². The number of imidazole rings is 1. The second-order valence-electron chi connectivity index (χ2n) is 9.83. The summed E-state index contributed by atoms with van der Waals surface area (Å²) in [6.07, 6.45) is 6.37. The molecule has 0 atom stereocenters. The second-order valence-corrected chi connectivity index (χ2v) is 9.83. The first kappa shape index (κ1) is 21.4. The molecule has 0 saturated heterocycles. The van der Waals surface area contributed by atoms with Gasteiger partial charge in [-0.05, 0) is 70.8 Å². The van der Waals surface area contributed by atoms with Gasteiger partial charge in [0, 0.05) is 30.0 Å². The molecule has 0 unspecified atom stereocenters. The normalized spacial score (nSPS) is 14.1. The molecule has 2 N–H and O–H groups in total. The van der Waals surface area contributed by atoms with Crippen molar-refractivity contribution in [3.63, 3.8) is 0 Å². The van der Waals surface area contributed by atoms with Crippen LogP contribution in [-0.4, -0.2) is 35.4 Å². The van der Waals surface area contributed by atoms with Crippen LogP contribution in [0.4, 0.5) is 11.6 Å². The Labute approximate surface area is 192 Å². The highest BCUT2D eigenvalue weighted by Crippen LogP contribution is 2.24. The van der Waals surface area contributed by atoms with Crippen molar-refractivity contribution in [2.75, 3.05) is 11.9 Å². The van der Waals surface area contributed by atoms with Gasteiger partial charge in [0.25, 0.3) is 5.56 Å². The van der Waals surface area contributed by atoms with E-state index in [9.17, 15) is 4.79 Å². The van der Waals surface area contributed by atoms with Crippen molar-refractivity contribution in [3.8, 4) is 5.82 Å². The van der Waals surface area contributed by atoms with Crippen LogP contribution in [0.15, 0.2) is 41.7 Å². The van der Waals surface area contributed by atoms with Crippen LogP contribution in [-0.2, 0) is 18.5 Å². The summed E-state index contributed by atoms with van der Waals surface area (Å²) in [7, 11) is 0. The van der Waals surface area contributed by atoms with Crippen molar-refractivity contribution in [2.24, 2.45) is 0 Å². The molecule has 172 valence electrons. The van der Waals surface area contributed by atoms with E-state index in [0.29, 0.717) is 22.8 Å². The molecule has 4 aromatic rings. The van der Waals surface area contributed by atoms with Gasteiger partial charge in [0.1, 0.15) is 5.39 Å². The van der Waals surface area contributed by atoms with Crippen LogP contribution < -0.4 is 16.2 Å². The van der Waals surface area contributed by atoms with Crippen LogP contribution in [0.2, 0.25) is 0 Å². The molecule has 9 nitrogen and oxygen atoms in total. The van der Waals surface area contributed by atoms with Crippen molar-refractivity contribution < 1.29 is 0 Å². The van der Waals surface area contributed by atoms with Crippen LogP contribution >= 0.6 is 0 Å². The van der Waals surface area contributed by atoms with E-state index < -0.39 is 0 Å². The zero-order chi connectivity index (χ0) is 23.3. The van der Waals surface area contributed by atoms with E-state index in [4.69, 9.17) is 4.98 Å². The highest BCUT2D eigenvalue weighted by Gasteiger charge is 2.22. The Balaban J connectivity index is 1.61. The first-order valence-electron chi connectivity index (χ1n) is 11.4. The monoisotopic (exact) mass is 446 g/mol. The molecule has 0 bridgehead atoms. The number of aromatic nitrogens is 6. The Hall–Kier alpha value is -3.46. The lowest BCUT2D eigenvalue weighted by Crippen LogP contribution is -2.24. The summed E-state index contributed by atoms with van der Waals surface area (Å²) >= 11 is 0. The van der Waals surface area contributed by atoms with Gasteiger partial charge in [0.15, 0.2) is 11.5 Å². The van der Waals surface area contributed by atoms with Crippen molar-refractivity contribution >= 4 is 22.7 Å². The van der Waals surface area contributed by atoms with Crippen LogP contribution in [0.3, 0.4) is 0 Å². The average molecular weight is 447 g/mol. The number of anilines is 2. The van der Waals surface area contributed by atoms with Crippen molar-refractivity contribution in [1.29, 1.82) is 0 Å². The fourth-order valence-electron chi connectivity index (χ4n) is 4.22. The molecule has 0 amide bonds. The zero-order valence-electron chi connectivity index (χ0n) is 19.8. The van der Waals surface area contributed by atoms with Crippen molar-refractivity contribution in [3.05, 3.63) is 58.4 Å². The lowest BCUT2D eigenvalue weighted by molar-refractivity contribution is 0.395.